The summed E-state index contributed by atoms with van der Waals surface area (Å²) in [5.41, 5.74) is 0.724. The molecule has 1 fully saturated rings. The zero-order valence-corrected chi connectivity index (χ0v) is 13.0. The summed E-state index contributed by atoms with van der Waals surface area (Å²) in [5.74, 6) is -1.45. The Balaban J connectivity index is 1.82. The van der Waals surface area contributed by atoms with Crippen molar-refractivity contribution in [3.63, 3.8) is 0 Å². The highest BCUT2D eigenvalue weighted by Crippen LogP contribution is 2.27. The SMILES string of the molecule is O=C1C[C@@H](Nc2ccc(Br)cc2)C(=O)N1c1ccccc1F. The van der Waals surface area contributed by atoms with Crippen LogP contribution in [-0.2, 0) is 9.59 Å². The number of nitrogens with one attached hydrogen (secondary N) is 1. The number of hydrogen-bond donors (Lipinski definition) is 1. The molecule has 0 aromatic heterocycles. The summed E-state index contributed by atoms with van der Waals surface area (Å²) in [6.45, 7) is 0. The molecule has 1 saturated heterocycles. The van der Waals surface area contributed by atoms with E-state index < -0.39 is 23.7 Å². The van der Waals surface area contributed by atoms with Crippen LogP contribution >= 0.6 is 15.9 Å². The molecule has 1 aliphatic heterocycles. The van der Waals surface area contributed by atoms with Crippen LogP contribution < -0.4 is 10.2 Å². The highest BCUT2D eigenvalue weighted by atomic mass is 79.9. The number of anilines is 2. The summed E-state index contributed by atoms with van der Waals surface area (Å²) in [4.78, 5) is 25.4. The smallest absolute Gasteiger partial charge is 0.256 e. The lowest BCUT2D eigenvalue weighted by atomic mass is 10.2. The first-order chi connectivity index (χ1) is 10.6. The molecule has 0 spiro atoms. The van der Waals surface area contributed by atoms with Gasteiger partial charge in [0.15, 0.2) is 0 Å². The van der Waals surface area contributed by atoms with E-state index in [4.69, 9.17) is 0 Å². The van der Waals surface area contributed by atoms with Crippen LogP contribution in [0.4, 0.5) is 15.8 Å². The molecule has 0 unspecified atom stereocenters. The lowest BCUT2D eigenvalue weighted by Gasteiger charge is -2.16. The number of imide groups is 1. The zero-order valence-electron chi connectivity index (χ0n) is 11.4. The third-order valence-corrected chi connectivity index (χ3v) is 3.95. The monoisotopic (exact) mass is 362 g/mol. The third kappa shape index (κ3) is 2.74. The maximum Gasteiger partial charge on any atom is 0.256 e. The molecule has 6 heteroatoms. The van der Waals surface area contributed by atoms with Crippen molar-refractivity contribution in [2.75, 3.05) is 10.2 Å². The molecule has 1 atom stereocenters. The van der Waals surface area contributed by atoms with Gasteiger partial charge in [-0.3, -0.25) is 9.59 Å². The molecule has 0 bridgehead atoms. The minimum absolute atomic E-state index is 0.00222. The predicted molar refractivity (Wildman–Crippen MR) is 85.1 cm³/mol. The molecule has 1 N–H and O–H groups in total. The topological polar surface area (TPSA) is 49.4 Å². The normalized spacial score (nSPS) is 17.9. The van der Waals surface area contributed by atoms with Crippen LogP contribution in [0.1, 0.15) is 6.42 Å². The molecule has 2 amide bonds. The van der Waals surface area contributed by atoms with Crippen molar-refractivity contribution in [1.82, 2.24) is 0 Å². The van der Waals surface area contributed by atoms with Gasteiger partial charge in [0, 0.05) is 10.2 Å². The second-order valence-electron chi connectivity index (χ2n) is 4.93. The molecule has 0 aliphatic carbocycles. The summed E-state index contributed by atoms with van der Waals surface area (Å²) < 4.78 is 14.7. The molecule has 3 rings (SSSR count). The van der Waals surface area contributed by atoms with Crippen LogP contribution in [0.15, 0.2) is 53.0 Å². The lowest BCUT2D eigenvalue weighted by molar-refractivity contribution is -0.121. The Hall–Kier alpha value is -2.21. The van der Waals surface area contributed by atoms with Gasteiger partial charge in [0.2, 0.25) is 5.91 Å². The van der Waals surface area contributed by atoms with Crippen LogP contribution in [0.5, 0.6) is 0 Å². The van der Waals surface area contributed by atoms with Crippen molar-refractivity contribution in [3.8, 4) is 0 Å². The van der Waals surface area contributed by atoms with E-state index in [9.17, 15) is 14.0 Å². The fourth-order valence-electron chi connectivity index (χ4n) is 2.38. The van der Waals surface area contributed by atoms with Gasteiger partial charge in [-0.25, -0.2) is 9.29 Å². The molecule has 1 heterocycles. The molecule has 0 radical (unpaired) electrons. The lowest BCUT2D eigenvalue weighted by Crippen LogP contribution is -2.35. The first kappa shape index (κ1) is 14.7. The largest absolute Gasteiger partial charge is 0.373 e. The van der Waals surface area contributed by atoms with Crippen molar-refractivity contribution in [2.45, 2.75) is 12.5 Å². The van der Waals surface area contributed by atoms with E-state index in [0.29, 0.717) is 0 Å². The standard InChI is InChI=1S/C16H12BrFN2O2/c17-10-5-7-11(8-6-10)19-13-9-15(21)20(16(13)22)14-4-2-1-3-12(14)18/h1-8,13,19H,9H2/t13-/m1/s1. The minimum atomic E-state index is -0.687. The highest BCUT2D eigenvalue weighted by Gasteiger charge is 2.40. The number of rotatable bonds is 3. The second kappa shape index (κ2) is 5.88. The van der Waals surface area contributed by atoms with Crippen LogP contribution in [0.25, 0.3) is 0 Å². The molecule has 0 saturated carbocycles. The van der Waals surface area contributed by atoms with Crippen molar-refractivity contribution >= 4 is 39.1 Å². The highest BCUT2D eigenvalue weighted by molar-refractivity contribution is 9.10. The molecule has 2 aromatic rings. The van der Waals surface area contributed by atoms with Gasteiger partial charge in [0.25, 0.3) is 5.91 Å². The number of benzene rings is 2. The Kier molecular flexibility index (Phi) is 3.94. The van der Waals surface area contributed by atoms with Crippen molar-refractivity contribution in [1.29, 1.82) is 0 Å². The maximum atomic E-state index is 13.8. The number of hydrogen-bond acceptors (Lipinski definition) is 3. The third-order valence-electron chi connectivity index (χ3n) is 3.43. The maximum absolute atomic E-state index is 13.8. The number of halogens is 2. The van der Waals surface area contributed by atoms with Gasteiger partial charge in [0.05, 0.1) is 12.1 Å². The first-order valence-electron chi connectivity index (χ1n) is 6.69. The molecule has 1 aliphatic rings. The average molecular weight is 363 g/mol. The number of carbonyl (C=O) groups is 2. The van der Waals surface area contributed by atoms with Crippen molar-refractivity contribution < 1.29 is 14.0 Å². The predicted octanol–water partition coefficient (Wildman–Crippen LogP) is 3.33. The fraction of sp³-hybridized carbons (Fsp3) is 0.125. The second-order valence-corrected chi connectivity index (χ2v) is 5.84. The van der Waals surface area contributed by atoms with E-state index in [1.807, 2.05) is 12.1 Å². The Labute approximate surface area is 135 Å². The quantitative estimate of drug-likeness (QED) is 0.852. The summed E-state index contributed by atoms with van der Waals surface area (Å²) >= 11 is 3.33. The first-order valence-corrected chi connectivity index (χ1v) is 7.49. The average Bonchev–Trinajstić information content (AvgIpc) is 2.77. The van der Waals surface area contributed by atoms with Gasteiger partial charge in [-0.2, -0.15) is 0 Å². The Morgan fingerprint density at radius 2 is 1.77 bits per heavy atom. The molecule has 22 heavy (non-hydrogen) atoms. The summed E-state index contributed by atoms with van der Waals surface area (Å²) in [6.07, 6.45) is 0.00321. The van der Waals surface area contributed by atoms with Gasteiger partial charge in [-0.15, -0.1) is 0 Å². The molecule has 112 valence electrons. The Morgan fingerprint density at radius 1 is 1.09 bits per heavy atom. The number of amides is 2. The van der Waals surface area contributed by atoms with Gasteiger partial charge in [-0.05, 0) is 36.4 Å². The van der Waals surface area contributed by atoms with Crippen molar-refractivity contribution in [3.05, 3.63) is 58.8 Å². The van der Waals surface area contributed by atoms with Crippen LogP contribution in [-0.4, -0.2) is 17.9 Å². The molecular formula is C16H12BrFN2O2. The van der Waals surface area contributed by atoms with E-state index in [0.717, 1.165) is 15.1 Å². The van der Waals surface area contributed by atoms with Gasteiger partial charge >= 0.3 is 0 Å². The number of nitrogens with zero attached hydrogens (tertiary/aromatic N) is 1. The summed E-state index contributed by atoms with van der Waals surface area (Å²) in [6, 6.07) is 12.3. The summed E-state index contributed by atoms with van der Waals surface area (Å²) in [7, 11) is 0. The Morgan fingerprint density at radius 3 is 2.45 bits per heavy atom. The van der Waals surface area contributed by atoms with Gasteiger partial charge < -0.3 is 5.32 Å². The Bertz CT molecular complexity index is 733. The van der Waals surface area contributed by atoms with Gasteiger partial charge in [0.1, 0.15) is 11.9 Å². The van der Waals surface area contributed by atoms with E-state index in [-0.39, 0.29) is 12.1 Å². The van der Waals surface area contributed by atoms with Gasteiger partial charge in [-0.1, -0.05) is 28.1 Å². The number of para-hydroxylation sites is 1. The van der Waals surface area contributed by atoms with Crippen LogP contribution in [0, 0.1) is 5.82 Å². The van der Waals surface area contributed by atoms with Crippen LogP contribution in [0.2, 0.25) is 0 Å². The fourth-order valence-corrected chi connectivity index (χ4v) is 2.64. The van der Waals surface area contributed by atoms with Crippen molar-refractivity contribution in [2.24, 2.45) is 0 Å². The number of carbonyl (C=O) groups excluding carboxylic acids is 2. The van der Waals surface area contributed by atoms with E-state index in [1.54, 1.807) is 18.2 Å². The minimum Gasteiger partial charge on any atom is -0.373 e. The summed E-state index contributed by atoms with van der Waals surface area (Å²) in [5, 5.41) is 3.01. The van der Waals surface area contributed by atoms with E-state index >= 15 is 0 Å². The molecule has 4 nitrogen and oxygen atoms in total. The molecule has 2 aromatic carbocycles. The zero-order chi connectivity index (χ0) is 15.7. The van der Waals surface area contributed by atoms with E-state index in [2.05, 4.69) is 21.2 Å². The molecular weight excluding hydrogens is 351 g/mol. The van der Waals surface area contributed by atoms with E-state index in [1.165, 1.54) is 18.2 Å². The van der Waals surface area contributed by atoms with Crippen LogP contribution in [0.3, 0.4) is 0 Å².